The Balaban J connectivity index is 1.76. The molecule has 0 amide bonds. The second-order valence-electron chi connectivity index (χ2n) is 6.54. The lowest BCUT2D eigenvalue weighted by atomic mass is 9.99. The molecule has 0 bridgehead atoms. The van der Waals surface area contributed by atoms with Crippen LogP contribution < -0.4 is 0 Å². The zero-order chi connectivity index (χ0) is 17.1. The fourth-order valence-electron chi connectivity index (χ4n) is 3.15. The number of hydrogen-bond donors (Lipinski definition) is 0. The van der Waals surface area contributed by atoms with E-state index in [0.29, 0.717) is 11.5 Å². The molecule has 3 aromatic rings. The Labute approximate surface area is 146 Å². The number of aryl methyl sites for hydroxylation is 2. The van der Waals surface area contributed by atoms with Crippen molar-refractivity contribution in [1.82, 2.24) is 14.6 Å². The molecule has 4 rings (SSSR count). The molecule has 1 fully saturated rings. The number of halogens is 3. The van der Waals surface area contributed by atoms with Gasteiger partial charge in [-0.3, -0.25) is 4.40 Å². The number of pyridine rings is 1. The molecule has 1 aromatic carbocycles. The second-order valence-corrected chi connectivity index (χ2v) is 7.33. The molecule has 124 valence electrons. The van der Waals surface area contributed by atoms with Crippen molar-refractivity contribution >= 4 is 21.6 Å². The fourth-order valence-corrected chi connectivity index (χ4v) is 3.76. The molecule has 0 aliphatic heterocycles. The molecule has 2 aromatic heterocycles. The Bertz CT molecular complexity index is 949. The monoisotopic (exact) mass is 391 g/mol. The first kappa shape index (κ1) is 15.7. The van der Waals surface area contributed by atoms with Gasteiger partial charge in [0.2, 0.25) is 0 Å². The van der Waals surface area contributed by atoms with Crippen molar-refractivity contribution in [2.45, 2.75) is 32.6 Å². The molecule has 1 aliphatic carbocycles. The van der Waals surface area contributed by atoms with Gasteiger partial charge >= 0.3 is 0 Å². The molecular formula is C18H16BrF2N3. The van der Waals surface area contributed by atoms with Crippen LogP contribution in [0.1, 0.15) is 23.4 Å². The van der Waals surface area contributed by atoms with Crippen LogP contribution in [-0.4, -0.2) is 20.5 Å². The fraction of sp³-hybridized carbons (Fsp3) is 0.333. The van der Waals surface area contributed by atoms with E-state index < -0.39 is 11.8 Å². The molecule has 2 heterocycles. The highest BCUT2D eigenvalue weighted by Gasteiger charge is 2.56. The van der Waals surface area contributed by atoms with Crippen molar-refractivity contribution in [2.24, 2.45) is 5.92 Å². The Hall–Kier alpha value is -1.82. The lowest BCUT2D eigenvalue weighted by molar-refractivity contribution is 0.0984. The second kappa shape index (κ2) is 5.34. The quantitative estimate of drug-likeness (QED) is 0.630. The van der Waals surface area contributed by atoms with Gasteiger partial charge in [-0.1, -0.05) is 23.8 Å². The van der Waals surface area contributed by atoms with Crippen molar-refractivity contribution in [1.29, 1.82) is 0 Å². The molecule has 1 saturated carbocycles. The average molecular weight is 392 g/mol. The van der Waals surface area contributed by atoms with E-state index in [1.165, 1.54) is 11.1 Å². The van der Waals surface area contributed by atoms with E-state index >= 15 is 0 Å². The first-order chi connectivity index (χ1) is 11.4. The minimum Gasteiger partial charge on any atom is -0.285 e. The highest BCUT2D eigenvalue weighted by Crippen LogP contribution is 2.50. The number of rotatable bonds is 3. The van der Waals surface area contributed by atoms with Crippen LogP contribution >= 0.6 is 15.9 Å². The molecule has 0 spiro atoms. The SMILES string of the molecule is Cc1ccc(-c2ccn3c(CC4CC4(F)F)nnc3c2Br)c(C)c1. The van der Waals surface area contributed by atoms with E-state index in [-0.39, 0.29) is 12.8 Å². The predicted octanol–water partition coefficient (Wildman–Crippen LogP) is 4.97. The molecule has 0 saturated heterocycles. The summed E-state index contributed by atoms with van der Waals surface area (Å²) in [4.78, 5) is 0. The standard InChI is InChI=1S/C18H16BrF2N3/c1-10-3-4-13(11(2)7-10)14-5-6-24-15(8-12-9-18(12,20)21)22-23-17(24)16(14)19/h3-7,12H,8-9H2,1-2H3. The number of nitrogens with zero attached hydrogens (tertiary/aromatic N) is 3. The minimum atomic E-state index is -2.54. The molecule has 3 nitrogen and oxygen atoms in total. The first-order valence-corrected chi connectivity index (χ1v) is 8.63. The third-order valence-corrected chi connectivity index (χ3v) is 5.43. The molecule has 0 N–H and O–H groups in total. The van der Waals surface area contributed by atoms with Crippen molar-refractivity contribution in [3.63, 3.8) is 0 Å². The molecule has 6 heteroatoms. The van der Waals surface area contributed by atoms with Crippen molar-refractivity contribution in [3.8, 4) is 11.1 Å². The summed E-state index contributed by atoms with van der Waals surface area (Å²) in [6, 6.07) is 8.27. The van der Waals surface area contributed by atoms with Crippen molar-refractivity contribution in [2.75, 3.05) is 0 Å². The van der Waals surface area contributed by atoms with Crippen LogP contribution in [0.5, 0.6) is 0 Å². The number of fused-ring (bicyclic) bond motifs is 1. The van der Waals surface area contributed by atoms with Crippen LogP contribution in [0.25, 0.3) is 16.8 Å². The summed E-state index contributed by atoms with van der Waals surface area (Å²) in [5, 5.41) is 8.32. The number of aromatic nitrogens is 3. The van der Waals surface area contributed by atoms with E-state index in [1.807, 2.05) is 12.3 Å². The maximum atomic E-state index is 13.2. The summed E-state index contributed by atoms with van der Waals surface area (Å²) in [5.74, 6) is -2.56. The normalized spacial score (nSPS) is 19.0. The van der Waals surface area contributed by atoms with Crippen LogP contribution in [0.4, 0.5) is 8.78 Å². The smallest absolute Gasteiger partial charge is 0.252 e. The van der Waals surface area contributed by atoms with Gasteiger partial charge < -0.3 is 0 Å². The Morgan fingerprint density at radius 1 is 1.21 bits per heavy atom. The van der Waals surface area contributed by atoms with E-state index in [0.717, 1.165) is 15.6 Å². The van der Waals surface area contributed by atoms with Crippen LogP contribution in [0.2, 0.25) is 0 Å². The highest BCUT2D eigenvalue weighted by atomic mass is 79.9. The maximum absolute atomic E-state index is 13.2. The highest BCUT2D eigenvalue weighted by molar-refractivity contribution is 9.10. The van der Waals surface area contributed by atoms with Crippen LogP contribution in [0.15, 0.2) is 34.9 Å². The van der Waals surface area contributed by atoms with Gasteiger partial charge in [0, 0.05) is 30.5 Å². The van der Waals surface area contributed by atoms with E-state index in [2.05, 4.69) is 58.2 Å². The van der Waals surface area contributed by atoms with Gasteiger partial charge in [-0.05, 0) is 47.0 Å². The molecule has 1 aliphatic rings. The molecule has 1 atom stereocenters. The van der Waals surface area contributed by atoms with Gasteiger partial charge in [-0.2, -0.15) is 0 Å². The zero-order valence-corrected chi connectivity index (χ0v) is 14.9. The molecule has 1 unspecified atom stereocenters. The first-order valence-electron chi connectivity index (χ1n) is 7.84. The minimum absolute atomic E-state index is 0.0519. The summed E-state index contributed by atoms with van der Waals surface area (Å²) in [6.45, 7) is 4.14. The lowest BCUT2D eigenvalue weighted by Gasteiger charge is -2.10. The Morgan fingerprint density at radius 3 is 2.62 bits per heavy atom. The average Bonchev–Trinajstić information content (AvgIpc) is 2.91. The van der Waals surface area contributed by atoms with Gasteiger partial charge in [-0.15, -0.1) is 10.2 Å². The number of benzene rings is 1. The summed E-state index contributed by atoms with van der Waals surface area (Å²) < 4.78 is 29.0. The molecular weight excluding hydrogens is 376 g/mol. The largest absolute Gasteiger partial charge is 0.285 e. The number of alkyl halides is 2. The van der Waals surface area contributed by atoms with Gasteiger partial charge in [0.05, 0.1) is 4.47 Å². The van der Waals surface area contributed by atoms with Gasteiger partial charge in [0.1, 0.15) is 5.82 Å². The van der Waals surface area contributed by atoms with Crippen LogP contribution in [0.3, 0.4) is 0 Å². The van der Waals surface area contributed by atoms with E-state index in [9.17, 15) is 8.78 Å². The Morgan fingerprint density at radius 2 is 1.96 bits per heavy atom. The Kier molecular flexibility index (Phi) is 3.49. The van der Waals surface area contributed by atoms with Crippen molar-refractivity contribution < 1.29 is 8.78 Å². The van der Waals surface area contributed by atoms with E-state index in [4.69, 9.17) is 0 Å². The summed E-state index contributed by atoms with van der Waals surface area (Å²) in [6.07, 6.45) is 2.07. The lowest BCUT2D eigenvalue weighted by Crippen LogP contribution is -2.02. The van der Waals surface area contributed by atoms with Crippen LogP contribution in [0, 0.1) is 19.8 Å². The maximum Gasteiger partial charge on any atom is 0.252 e. The predicted molar refractivity (Wildman–Crippen MR) is 92.4 cm³/mol. The summed E-state index contributed by atoms with van der Waals surface area (Å²) >= 11 is 3.62. The summed E-state index contributed by atoms with van der Waals surface area (Å²) in [7, 11) is 0. The molecule has 0 radical (unpaired) electrons. The van der Waals surface area contributed by atoms with Crippen LogP contribution in [-0.2, 0) is 6.42 Å². The third kappa shape index (κ3) is 2.53. The van der Waals surface area contributed by atoms with Gasteiger partial charge in [0.25, 0.3) is 5.92 Å². The van der Waals surface area contributed by atoms with Gasteiger partial charge in [0.15, 0.2) is 5.65 Å². The zero-order valence-electron chi connectivity index (χ0n) is 13.4. The van der Waals surface area contributed by atoms with Gasteiger partial charge in [-0.25, -0.2) is 8.78 Å². The number of hydrogen-bond acceptors (Lipinski definition) is 2. The van der Waals surface area contributed by atoms with E-state index in [1.54, 1.807) is 4.40 Å². The topological polar surface area (TPSA) is 30.2 Å². The third-order valence-electron chi connectivity index (χ3n) is 4.65. The summed E-state index contributed by atoms with van der Waals surface area (Å²) in [5.41, 5.74) is 5.19. The van der Waals surface area contributed by atoms with Crippen molar-refractivity contribution in [3.05, 3.63) is 51.9 Å². The molecule has 24 heavy (non-hydrogen) atoms.